The number of quaternary nitrogens is 1. The molecule has 3 nitrogen and oxygen atoms in total. The molecule has 13 aromatic rings. The molecule has 0 radical (unpaired) electrons. The Labute approximate surface area is 393 Å². The summed E-state index contributed by atoms with van der Waals surface area (Å²) in [5.41, 5.74) is 15.2. The zero-order chi connectivity index (χ0) is 44.9. The van der Waals surface area contributed by atoms with Crippen molar-refractivity contribution >= 4 is 87.5 Å². The summed E-state index contributed by atoms with van der Waals surface area (Å²) in [5.74, 6) is 0. The van der Waals surface area contributed by atoms with E-state index in [1.807, 2.05) is 6.07 Å². The van der Waals surface area contributed by atoms with Gasteiger partial charge in [0, 0.05) is 55.1 Å². The van der Waals surface area contributed by atoms with E-state index in [0.717, 1.165) is 39.5 Å². The smallest absolute Gasteiger partial charge is 0.145 e. The van der Waals surface area contributed by atoms with Crippen LogP contribution in [0.15, 0.2) is 229 Å². The van der Waals surface area contributed by atoms with Gasteiger partial charge in [-0.05, 0) is 103 Å². The summed E-state index contributed by atoms with van der Waals surface area (Å²) < 4.78 is 9.20. The topological polar surface area (TPSA) is 34.7 Å². The van der Waals surface area contributed by atoms with Crippen LogP contribution in [-0.2, 0) is 0 Å². The summed E-state index contributed by atoms with van der Waals surface area (Å²) in [6.07, 6.45) is 0.949. The summed E-state index contributed by atoms with van der Waals surface area (Å²) >= 11 is 0. The summed E-state index contributed by atoms with van der Waals surface area (Å²) in [5, 5.41) is 17.5. The molecule has 68 heavy (non-hydrogen) atoms. The standard InChI is InChI=1S/C65H44N2O/c1-2-59-64(55-22-8-7-21-54(55)62(66-59)42-31-28-40(29-32-42)45-34-35-50-48(36-45)33-30-41-14-5-6-19-49(41)50)67-60-39-44-16-4-3-15-43(44)38-58(60)56-25-12-23-51(63(56)67)46-17-11-18-47(37-46)52-24-13-26-57-53-20-9-10-27-61(53)68-65(52)57/h3-39,59,66H,2H2,1H3/p+1. The van der Waals surface area contributed by atoms with E-state index in [9.17, 15) is 0 Å². The van der Waals surface area contributed by atoms with Gasteiger partial charge in [0.25, 0.3) is 0 Å². The molecule has 1 aliphatic heterocycles. The maximum Gasteiger partial charge on any atom is 0.145 e. The van der Waals surface area contributed by atoms with E-state index < -0.39 is 0 Å². The van der Waals surface area contributed by atoms with Crippen LogP contribution >= 0.6 is 0 Å². The Hall–Kier alpha value is -8.50. The van der Waals surface area contributed by atoms with Crippen molar-refractivity contribution in [3.05, 3.63) is 240 Å². The molecule has 11 aromatic carbocycles. The summed E-state index contributed by atoms with van der Waals surface area (Å²) in [4.78, 5) is 0. The zero-order valence-electron chi connectivity index (χ0n) is 37.6. The first kappa shape index (κ1) is 38.7. The minimum Gasteiger partial charge on any atom is -0.455 e. The molecule has 2 N–H and O–H groups in total. The minimum atomic E-state index is 0.144. The Balaban J connectivity index is 0.973. The molecule has 1 unspecified atom stereocenters. The van der Waals surface area contributed by atoms with Gasteiger partial charge in [0.05, 0.1) is 16.7 Å². The first-order valence-corrected chi connectivity index (χ1v) is 23.8. The Kier molecular flexibility index (Phi) is 8.71. The lowest BCUT2D eigenvalue weighted by Crippen LogP contribution is -2.91. The second-order valence-corrected chi connectivity index (χ2v) is 18.4. The first-order valence-electron chi connectivity index (χ1n) is 23.8. The van der Waals surface area contributed by atoms with Crippen molar-refractivity contribution in [3.8, 4) is 33.4 Å². The zero-order valence-corrected chi connectivity index (χ0v) is 37.6. The van der Waals surface area contributed by atoms with E-state index >= 15 is 0 Å². The highest BCUT2D eigenvalue weighted by Gasteiger charge is 2.30. The van der Waals surface area contributed by atoms with Crippen LogP contribution in [0.2, 0.25) is 0 Å². The van der Waals surface area contributed by atoms with Crippen molar-refractivity contribution in [2.45, 2.75) is 19.4 Å². The van der Waals surface area contributed by atoms with Crippen LogP contribution in [0.4, 0.5) is 0 Å². The predicted octanol–water partition coefficient (Wildman–Crippen LogP) is 14.3. The molecular formula is C65H45N2O+. The molecule has 0 saturated carbocycles. The van der Waals surface area contributed by atoms with Crippen LogP contribution in [0.1, 0.15) is 18.9 Å². The van der Waals surface area contributed by atoms with Gasteiger partial charge < -0.3 is 14.3 Å². The van der Waals surface area contributed by atoms with E-state index in [2.05, 4.69) is 235 Å². The monoisotopic (exact) mass is 869 g/mol. The van der Waals surface area contributed by atoms with Crippen molar-refractivity contribution in [3.63, 3.8) is 0 Å². The average Bonchev–Trinajstić information content (AvgIpc) is 3.95. The molecule has 3 heteroatoms. The minimum absolute atomic E-state index is 0.144. The molecule has 0 fully saturated rings. The third kappa shape index (κ3) is 5.96. The lowest BCUT2D eigenvalue weighted by atomic mass is 9.94. The molecule has 0 spiro atoms. The molecule has 0 aliphatic carbocycles. The normalized spacial score (nSPS) is 14.0. The fourth-order valence-corrected chi connectivity index (χ4v) is 11.5. The van der Waals surface area contributed by atoms with Gasteiger partial charge in [0.2, 0.25) is 0 Å². The maximum absolute atomic E-state index is 6.57. The van der Waals surface area contributed by atoms with Crippen LogP contribution in [0.25, 0.3) is 121 Å². The second-order valence-electron chi connectivity index (χ2n) is 18.4. The Morgan fingerprint density at radius 3 is 1.87 bits per heavy atom. The molecule has 0 saturated heterocycles. The number of hydrogen-bond acceptors (Lipinski definition) is 1. The largest absolute Gasteiger partial charge is 0.455 e. The molecule has 2 aromatic heterocycles. The van der Waals surface area contributed by atoms with Crippen molar-refractivity contribution in [1.82, 2.24) is 4.57 Å². The van der Waals surface area contributed by atoms with Crippen LogP contribution in [0, 0.1) is 0 Å². The van der Waals surface area contributed by atoms with E-state index in [-0.39, 0.29) is 6.04 Å². The summed E-state index contributed by atoms with van der Waals surface area (Å²) in [6, 6.07) is 82.9. The fraction of sp³-hybridized carbons (Fsp3) is 0.0462. The predicted molar refractivity (Wildman–Crippen MR) is 285 cm³/mol. The van der Waals surface area contributed by atoms with Crippen molar-refractivity contribution in [2.24, 2.45) is 0 Å². The van der Waals surface area contributed by atoms with Crippen molar-refractivity contribution in [1.29, 1.82) is 0 Å². The van der Waals surface area contributed by atoms with Gasteiger partial charge in [0.15, 0.2) is 0 Å². The van der Waals surface area contributed by atoms with Gasteiger partial charge in [-0.3, -0.25) is 0 Å². The Morgan fingerprint density at radius 2 is 1.03 bits per heavy atom. The van der Waals surface area contributed by atoms with Gasteiger partial charge in [-0.2, -0.15) is 0 Å². The second kappa shape index (κ2) is 15.3. The quantitative estimate of drug-likeness (QED) is 0.166. The molecular weight excluding hydrogens is 825 g/mol. The van der Waals surface area contributed by atoms with Crippen molar-refractivity contribution in [2.75, 3.05) is 0 Å². The maximum atomic E-state index is 6.57. The van der Waals surface area contributed by atoms with Gasteiger partial charge in [-0.1, -0.05) is 183 Å². The van der Waals surface area contributed by atoms with Crippen LogP contribution < -0.4 is 15.8 Å². The molecule has 3 heterocycles. The number of fused-ring (bicyclic) bond motifs is 11. The molecule has 1 atom stereocenters. The van der Waals surface area contributed by atoms with Crippen LogP contribution in [0.5, 0.6) is 0 Å². The Bertz CT molecular complexity index is 4340. The summed E-state index contributed by atoms with van der Waals surface area (Å²) in [7, 11) is 0. The van der Waals surface area contributed by atoms with E-state index in [1.54, 1.807) is 0 Å². The highest BCUT2D eigenvalue weighted by molar-refractivity contribution is 6.18. The number of aromatic nitrogens is 1. The first-order chi connectivity index (χ1) is 33.7. The number of nitrogens with two attached hydrogens (primary N) is 1. The van der Waals surface area contributed by atoms with E-state index in [0.29, 0.717) is 0 Å². The van der Waals surface area contributed by atoms with Crippen molar-refractivity contribution < 1.29 is 9.73 Å². The molecule has 0 amide bonds. The number of furan rings is 1. The number of nitrogens with zero attached hydrogens (tertiary/aromatic N) is 1. The summed E-state index contributed by atoms with van der Waals surface area (Å²) in [6.45, 7) is 2.34. The molecule has 1 aliphatic rings. The van der Waals surface area contributed by atoms with Gasteiger partial charge in [-0.25, -0.2) is 0 Å². The number of hydrogen-bond donors (Lipinski definition) is 1. The number of para-hydroxylation sites is 3. The van der Waals surface area contributed by atoms with Crippen LogP contribution in [0.3, 0.4) is 0 Å². The van der Waals surface area contributed by atoms with Gasteiger partial charge in [-0.15, -0.1) is 0 Å². The molecule has 320 valence electrons. The van der Waals surface area contributed by atoms with Gasteiger partial charge >= 0.3 is 0 Å². The lowest BCUT2D eigenvalue weighted by Gasteiger charge is -2.26. The molecule has 0 bridgehead atoms. The SMILES string of the molecule is CCC1[NH2+]C(c2ccc(-c3ccc4c(ccc5ccccc54)c3)cc2)=c2ccccc2=C1n1c2cc3ccccc3cc2c2cccc(-c3cccc(-c4cccc5c4oc4ccccc45)c3)c21. The van der Waals surface area contributed by atoms with Gasteiger partial charge in [0.1, 0.15) is 22.9 Å². The number of rotatable bonds is 6. The Morgan fingerprint density at radius 1 is 0.412 bits per heavy atom. The lowest BCUT2D eigenvalue weighted by molar-refractivity contribution is -0.590. The van der Waals surface area contributed by atoms with Crippen LogP contribution in [-0.4, -0.2) is 10.6 Å². The third-order valence-electron chi connectivity index (χ3n) is 14.7. The fourth-order valence-electron chi connectivity index (χ4n) is 11.5. The highest BCUT2D eigenvalue weighted by Crippen LogP contribution is 2.42. The average molecular weight is 870 g/mol. The highest BCUT2D eigenvalue weighted by atomic mass is 16.3. The van der Waals surface area contributed by atoms with E-state index in [1.165, 1.54) is 104 Å². The van der Waals surface area contributed by atoms with E-state index in [4.69, 9.17) is 4.42 Å². The molecule has 14 rings (SSSR count). The number of benzene rings is 11. The third-order valence-corrected chi connectivity index (χ3v) is 14.7.